The summed E-state index contributed by atoms with van der Waals surface area (Å²) in [5, 5.41) is 10.5. The van der Waals surface area contributed by atoms with Gasteiger partial charge in [0.05, 0.1) is 16.3 Å². The number of hydrogen-bond donors (Lipinski definition) is 0. The van der Waals surface area contributed by atoms with E-state index in [0.29, 0.717) is 22.2 Å². The van der Waals surface area contributed by atoms with Crippen LogP contribution in [0.1, 0.15) is 5.56 Å². The Hall–Kier alpha value is -1.93. The number of benzene rings is 2. The van der Waals surface area contributed by atoms with Crippen molar-refractivity contribution in [1.29, 1.82) is 5.26 Å². The molecule has 2 aromatic carbocycles. The molecule has 2 aromatic rings. The smallest absolute Gasteiger partial charge is 0.119 e. The largest absolute Gasteiger partial charge is 0.492 e. The molecule has 6 heteroatoms. The Morgan fingerprint density at radius 1 is 1.00 bits per heavy atom. The molecule has 0 saturated carbocycles. The zero-order valence-corrected chi connectivity index (χ0v) is 15.3. The normalized spacial score (nSPS) is 15.0. The van der Waals surface area contributed by atoms with Crippen molar-refractivity contribution in [3.63, 3.8) is 0 Å². The molecule has 0 aromatic heterocycles. The van der Waals surface area contributed by atoms with Crippen molar-refractivity contribution in [2.45, 2.75) is 0 Å². The summed E-state index contributed by atoms with van der Waals surface area (Å²) in [6.45, 7) is 5.12. The standard InChI is InChI=1S/C19H19Cl2N3O/c20-15-4-6-16(7-5-15)25-13-12-23-8-10-24(11-9-23)19-3-1-2-18(21)17(19)14-22/h1-7H,8-13H2. The van der Waals surface area contributed by atoms with E-state index in [2.05, 4.69) is 15.9 Å². The zero-order valence-electron chi connectivity index (χ0n) is 13.8. The average Bonchev–Trinajstić information content (AvgIpc) is 2.64. The highest BCUT2D eigenvalue weighted by Crippen LogP contribution is 2.27. The molecule has 0 atom stereocenters. The second-order valence-corrected chi connectivity index (χ2v) is 6.72. The molecule has 1 fully saturated rings. The van der Waals surface area contributed by atoms with Gasteiger partial charge < -0.3 is 9.64 Å². The van der Waals surface area contributed by atoms with Crippen LogP contribution in [0.15, 0.2) is 42.5 Å². The first-order chi connectivity index (χ1) is 12.2. The van der Waals surface area contributed by atoms with E-state index in [1.807, 2.05) is 36.4 Å². The van der Waals surface area contributed by atoms with Crippen molar-refractivity contribution in [1.82, 2.24) is 4.90 Å². The molecule has 0 unspecified atom stereocenters. The molecule has 3 rings (SSSR count). The van der Waals surface area contributed by atoms with Gasteiger partial charge in [-0.3, -0.25) is 4.90 Å². The highest BCUT2D eigenvalue weighted by molar-refractivity contribution is 6.32. The quantitative estimate of drug-likeness (QED) is 0.789. The Morgan fingerprint density at radius 3 is 2.40 bits per heavy atom. The van der Waals surface area contributed by atoms with Crippen molar-refractivity contribution in [2.75, 3.05) is 44.2 Å². The van der Waals surface area contributed by atoms with Crippen LogP contribution in [-0.2, 0) is 0 Å². The van der Waals surface area contributed by atoms with Gasteiger partial charge in [-0.1, -0.05) is 29.3 Å². The van der Waals surface area contributed by atoms with Gasteiger partial charge in [-0.15, -0.1) is 0 Å². The predicted octanol–water partition coefficient (Wildman–Crippen LogP) is 4.07. The minimum atomic E-state index is 0.513. The number of halogens is 2. The monoisotopic (exact) mass is 375 g/mol. The molecular weight excluding hydrogens is 357 g/mol. The van der Waals surface area contributed by atoms with E-state index in [1.165, 1.54) is 0 Å². The maximum absolute atomic E-state index is 9.33. The van der Waals surface area contributed by atoms with Crippen LogP contribution in [0, 0.1) is 11.3 Å². The summed E-state index contributed by atoms with van der Waals surface area (Å²) in [5.41, 5.74) is 1.48. The first-order valence-electron chi connectivity index (χ1n) is 8.21. The Morgan fingerprint density at radius 2 is 1.72 bits per heavy atom. The van der Waals surface area contributed by atoms with Gasteiger partial charge in [0.2, 0.25) is 0 Å². The number of nitrogens with zero attached hydrogens (tertiary/aromatic N) is 3. The van der Waals surface area contributed by atoms with E-state index in [0.717, 1.165) is 44.2 Å². The van der Waals surface area contributed by atoms with Crippen molar-refractivity contribution in [3.05, 3.63) is 58.1 Å². The highest BCUT2D eigenvalue weighted by Gasteiger charge is 2.20. The molecule has 1 heterocycles. The lowest BCUT2D eigenvalue weighted by Crippen LogP contribution is -2.47. The third-order valence-corrected chi connectivity index (χ3v) is 4.87. The van der Waals surface area contributed by atoms with E-state index in [9.17, 15) is 5.26 Å². The predicted molar refractivity (Wildman–Crippen MR) is 102 cm³/mol. The minimum absolute atomic E-state index is 0.513. The fourth-order valence-corrected chi connectivity index (χ4v) is 3.26. The van der Waals surface area contributed by atoms with Gasteiger partial charge in [-0.2, -0.15) is 5.26 Å². The molecule has 0 spiro atoms. The fraction of sp³-hybridized carbons (Fsp3) is 0.316. The highest BCUT2D eigenvalue weighted by atomic mass is 35.5. The Balaban J connectivity index is 1.48. The van der Waals surface area contributed by atoms with Crippen molar-refractivity contribution < 1.29 is 4.74 Å². The van der Waals surface area contributed by atoms with Crippen LogP contribution in [0.5, 0.6) is 5.75 Å². The van der Waals surface area contributed by atoms with Gasteiger partial charge in [0, 0.05) is 37.7 Å². The lowest BCUT2D eigenvalue weighted by atomic mass is 10.1. The molecule has 0 N–H and O–H groups in total. The van der Waals surface area contributed by atoms with Crippen LogP contribution < -0.4 is 9.64 Å². The summed E-state index contributed by atoms with van der Waals surface area (Å²) in [6, 6.07) is 15.2. The number of hydrogen-bond acceptors (Lipinski definition) is 4. The fourth-order valence-electron chi connectivity index (χ4n) is 2.92. The van der Waals surface area contributed by atoms with Crippen molar-refractivity contribution in [2.24, 2.45) is 0 Å². The first-order valence-corrected chi connectivity index (χ1v) is 8.97. The molecule has 130 valence electrons. The Kier molecular flexibility index (Phi) is 6.04. The topological polar surface area (TPSA) is 39.5 Å². The van der Waals surface area contributed by atoms with Crippen LogP contribution >= 0.6 is 23.2 Å². The molecule has 1 aliphatic heterocycles. The second kappa shape index (κ2) is 8.44. The van der Waals surface area contributed by atoms with Gasteiger partial charge in [0.25, 0.3) is 0 Å². The van der Waals surface area contributed by atoms with Crippen LogP contribution in [-0.4, -0.2) is 44.2 Å². The summed E-state index contributed by atoms with van der Waals surface area (Å²) in [4.78, 5) is 4.59. The summed E-state index contributed by atoms with van der Waals surface area (Å²) in [7, 11) is 0. The minimum Gasteiger partial charge on any atom is -0.492 e. The van der Waals surface area contributed by atoms with Gasteiger partial charge >= 0.3 is 0 Å². The van der Waals surface area contributed by atoms with Gasteiger partial charge in [0.15, 0.2) is 0 Å². The second-order valence-electron chi connectivity index (χ2n) is 5.88. The molecule has 4 nitrogen and oxygen atoms in total. The van der Waals surface area contributed by atoms with E-state index >= 15 is 0 Å². The number of piperazine rings is 1. The summed E-state index contributed by atoms with van der Waals surface area (Å²) in [6.07, 6.45) is 0. The lowest BCUT2D eigenvalue weighted by molar-refractivity contribution is 0.200. The van der Waals surface area contributed by atoms with Crippen LogP contribution in [0.25, 0.3) is 0 Å². The number of ether oxygens (including phenoxy) is 1. The number of rotatable bonds is 5. The van der Waals surface area contributed by atoms with E-state index in [4.69, 9.17) is 27.9 Å². The lowest BCUT2D eigenvalue weighted by Gasteiger charge is -2.36. The van der Waals surface area contributed by atoms with Gasteiger partial charge in [-0.25, -0.2) is 0 Å². The van der Waals surface area contributed by atoms with E-state index in [1.54, 1.807) is 6.07 Å². The third-order valence-electron chi connectivity index (χ3n) is 4.31. The molecule has 0 radical (unpaired) electrons. The zero-order chi connectivity index (χ0) is 17.6. The Labute approximate surface area is 158 Å². The first kappa shape index (κ1) is 17.9. The molecular formula is C19H19Cl2N3O. The molecule has 0 aliphatic carbocycles. The summed E-state index contributed by atoms with van der Waals surface area (Å²) < 4.78 is 5.75. The Bertz CT molecular complexity index is 750. The van der Waals surface area contributed by atoms with Crippen LogP contribution in [0.2, 0.25) is 10.0 Å². The maximum atomic E-state index is 9.33. The maximum Gasteiger partial charge on any atom is 0.119 e. The molecule has 1 saturated heterocycles. The van der Waals surface area contributed by atoms with E-state index in [-0.39, 0.29) is 0 Å². The number of anilines is 1. The summed E-state index contributed by atoms with van der Waals surface area (Å²) >= 11 is 12.0. The molecule has 0 bridgehead atoms. The SMILES string of the molecule is N#Cc1c(Cl)cccc1N1CCN(CCOc2ccc(Cl)cc2)CC1. The van der Waals surface area contributed by atoms with Crippen LogP contribution in [0.4, 0.5) is 5.69 Å². The molecule has 25 heavy (non-hydrogen) atoms. The van der Waals surface area contributed by atoms with Gasteiger partial charge in [0.1, 0.15) is 18.4 Å². The molecule has 0 amide bonds. The van der Waals surface area contributed by atoms with Crippen molar-refractivity contribution >= 4 is 28.9 Å². The van der Waals surface area contributed by atoms with Crippen LogP contribution in [0.3, 0.4) is 0 Å². The number of nitriles is 1. The van der Waals surface area contributed by atoms with Crippen molar-refractivity contribution in [3.8, 4) is 11.8 Å². The molecule has 1 aliphatic rings. The van der Waals surface area contributed by atoms with Gasteiger partial charge in [-0.05, 0) is 36.4 Å². The third kappa shape index (κ3) is 4.58. The van der Waals surface area contributed by atoms with E-state index < -0.39 is 0 Å². The average molecular weight is 376 g/mol. The summed E-state index contributed by atoms with van der Waals surface area (Å²) in [5.74, 6) is 0.834.